The minimum Gasteiger partial charge on any atom is -0.462 e. The lowest BCUT2D eigenvalue weighted by Gasteiger charge is -2.26. The number of amides is 1. The Morgan fingerprint density at radius 1 is 1.50 bits per heavy atom. The Balaban J connectivity index is 2.47. The normalized spacial score (nSPS) is 17.5. The number of nitrogens with zero attached hydrogens (tertiary/aromatic N) is 1. The van der Waals surface area contributed by atoms with Gasteiger partial charge in [0.2, 0.25) is 0 Å². The Morgan fingerprint density at radius 2 is 2.23 bits per heavy atom. The number of benzene rings is 1. The number of carbonyl (C=O) groups is 2. The smallest absolute Gasteiger partial charge is 0.413 e. The van der Waals surface area contributed by atoms with Crippen LogP contribution in [0.2, 0.25) is 0 Å². The predicted octanol–water partition coefficient (Wildman–Crippen LogP) is 2.21. The third-order valence-corrected chi connectivity index (χ3v) is 3.09. The molecule has 1 N–H and O–H groups in total. The average Bonchev–Trinajstić information content (AvgIpc) is 2.46. The number of ether oxygens (including phenoxy) is 2. The lowest BCUT2D eigenvalue weighted by molar-refractivity contribution is -0.384. The summed E-state index contributed by atoms with van der Waals surface area (Å²) in [5.74, 6) is -0.532. The molecule has 0 aliphatic carbocycles. The first-order chi connectivity index (χ1) is 10.4. The van der Waals surface area contributed by atoms with Gasteiger partial charge in [0.15, 0.2) is 0 Å². The van der Waals surface area contributed by atoms with Crippen LogP contribution in [0.25, 0.3) is 0 Å². The van der Waals surface area contributed by atoms with E-state index in [1.54, 1.807) is 13.0 Å². The lowest BCUT2D eigenvalue weighted by atomic mass is 9.96. The Bertz CT molecular complexity index is 667. The number of nitro groups is 1. The number of carbonyl (C=O) groups excluding carboxylic acids is 2. The van der Waals surface area contributed by atoms with Crippen LogP contribution >= 0.6 is 0 Å². The Kier molecular flexibility index (Phi) is 4.40. The van der Waals surface area contributed by atoms with Crippen LogP contribution in [-0.4, -0.2) is 23.6 Å². The van der Waals surface area contributed by atoms with E-state index < -0.39 is 23.0 Å². The molecule has 0 spiro atoms. The maximum Gasteiger partial charge on any atom is 0.413 e. The molecule has 0 saturated heterocycles. The fraction of sp³-hybridized carbons (Fsp3) is 0.286. The molecule has 8 heteroatoms. The van der Waals surface area contributed by atoms with Crippen LogP contribution in [0.15, 0.2) is 35.6 Å². The van der Waals surface area contributed by atoms with Crippen molar-refractivity contribution < 1.29 is 24.0 Å². The van der Waals surface area contributed by atoms with E-state index >= 15 is 0 Å². The second-order valence-electron chi connectivity index (χ2n) is 4.51. The largest absolute Gasteiger partial charge is 0.462 e. The highest BCUT2D eigenvalue weighted by Crippen LogP contribution is 2.31. The van der Waals surface area contributed by atoms with E-state index in [9.17, 15) is 19.7 Å². The van der Waals surface area contributed by atoms with Crippen LogP contribution in [0.5, 0.6) is 0 Å². The second-order valence-corrected chi connectivity index (χ2v) is 4.51. The van der Waals surface area contributed by atoms with Gasteiger partial charge in [0, 0.05) is 12.1 Å². The Morgan fingerprint density at radius 3 is 2.86 bits per heavy atom. The molecule has 0 fully saturated rings. The number of hydrogen-bond acceptors (Lipinski definition) is 6. The molecule has 2 rings (SSSR count). The van der Waals surface area contributed by atoms with Gasteiger partial charge in [-0.1, -0.05) is 12.1 Å². The van der Waals surface area contributed by atoms with Crippen molar-refractivity contribution in [3.8, 4) is 0 Å². The highest BCUT2D eigenvalue weighted by Gasteiger charge is 2.34. The first-order valence-corrected chi connectivity index (χ1v) is 6.54. The van der Waals surface area contributed by atoms with Crippen LogP contribution in [0, 0.1) is 10.1 Å². The molecule has 1 amide bonds. The summed E-state index contributed by atoms with van der Waals surface area (Å²) in [4.78, 5) is 33.9. The van der Waals surface area contributed by atoms with Gasteiger partial charge in [-0.15, -0.1) is 0 Å². The summed E-state index contributed by atoms with van der Waals surface area (Å²) in [6.07, 6.45) is -0.734. The van der Waals surface area contributed by atoms with Crippen molar-refractivity contribution in [3.63, 3.8) is 0 Å². The van der Waals surface area contributed by atoms with Gasteiger partial charge >= 0.3 is 12.1 Å². The fourth-order valence-corrected chi connectivity index (χ4v) is 2.16. The van der Waals surface area contributed by atoms with Crippen molar-refractivity contribution in [1.29, 1.82) is 0 Å². The molecule has 8 nitrogen and oxygen atoms in total. The third kappa shape index (κ3) is 3.05. The average molecular weight is 306 g/mol. The number of nitro benzene ring substituents is 1. The topological polar surface area (TPSA) is 108 Å². The number of rotatable bonds is 4. The molecule has 116 valence electrons. The van der Waals surface area contributed by atoms with E-state index in [2.05, 4.69) is 5.32 Å². The van der Waals surface area contributed by atoms with Gasteiger partial charge in [0.05, 0.1) is 17.6 Å². The predicted molar refractivity (Wildman–Crippen MR) is 74.8 cm³/mol. The molecule has 1 aliphatic heterocycles. The molecular weight excluding hydrogens is 292 g/mol. The third-order valence-electron chi connectivity index (χ3n) is 3.09. The summed E-state index contributed by atoms with van der Waals surface area (Å²) in [7, 11) is 0. The zero-order valence-electron chi connectivity index (χ0n) is 12.0. The second kappa shape index (κ2) is 6.25. The van der Waals surface area contributed by atoms with Gasteiger partial charge in [0.25, 0.3) is 5.69 Å². The van der Waals surface area contributed by atoms with Gasteiger partial charge in [-0.25, -0.2) is 9.59 Å². The van der Waals surface area contributed by atoms with E-state index in [1.165, 1.54) is 25.1 Å². The molecule has 0 radical (unpaired) electrons. The van der Waals surface area contributed by atoms with Crippen molar-refractivity contribution in [2.75, 3.05) is 6.61 Å². The van der Waals surface area contributed by atoms with Crippen molar-refractivity contribution in [1.82, 2.24) is 5.32 Å². The highest BCUT2D eigenvalue weighted by atomic mass is 16.6. The minimum atomic E-state index is -0.861. The van der Waals surface area contributed by atoms with E-state index in [0.717, 1.165) is 0 Å². The van der Waals surface area contributed by atoms with Crippen LogP contribution in [0.1, 0.15) is 25.5 Å². The van der Waals surface area contributed by atoms with Gasteiger partial charge in [0.1, 0.15) is 11.3 Å². The molecule has 0 saturated carbocycles. The molecular formula is C14H14N2O6. The number of allylic oxidation sites excluding steroid dienone is 1. The molecule has 0 aromatic heterocycles. The number of cyclic esters (lactones) is 1. The summed E-state index contributed by atoms with van der Waals surface area (Å²) in [5.41, 5.74) is 0.370. The van der Waals surface area contributed by atoms with E-state index in [4.69, 9.17) is 9.47 Å². The maximum absolute atomic E-state index is 12.1. The molecule has 22 heavy (non-hydrogen) atoms. The van der Waals surface area contributed by atoms with E-state index in [-0.39, 0.29) is 23.6 Å². The quantitative estimate of drug-likeness (QED) is 0.519. The molecule has 0 bridgehead atoms. The van der Waals surface area contributed by atoms with Gasteiger partial charge < -0.3 is 14.8 Å². The summed E-state index contributed by atoms with van der Waals surface area (Å²) in [5, 5.41) is 13.3. The summed E-state index contributed by atoms with van der Waals surface area (Å²) in [6.45, 7) is 3.28. The standard InChI is InChI=1S/C14H14N2O6/c1-3-21-13(17)11-8(2)22-14(18)15-12(11)9-5-4-6-10(7-9)16(19)20/h4-7,12H,3H2,1-2H3,(H,15,18). The highest BCUT2D eigenvalue weighted by molar-refractivity contribution is 5.93. The first-order valence-electron chi connectivity index (χ1n) is 6.54. The SMILES string of the molecule is CCOC(=O)C1=C(C)OC(=O)NC1c1cccc([N+](=O)[O-])c1. The Hall–Kier alpha value is -2.90. The number of alkyl carbamates (subject to hydrolysis) is 1. The van der Waals surface area contributed by atoms with Crippen LogP contribution in [0.4, 0.5) is 10.5 Å². The van der Waals surface area contributed by atoms with Crippen molar-refractivity contribution in [2.24, 2.45) is 0 Å². The van der Waals surface area contributed by atoms with Crippen LogP contribution in [-0.2, 0) is 14.3 Å². The summed E-state index contributed by atoms with van der Waals surface area (Å²) >= 11 is 0. The van der Waals surface area contributed by atoms with Gasteiger partial charge in [-0.2, -0.15) is 0 Å². The zero-order valence-corrected chi connectivity index (χ0v) is 12.0. The lowest BCUT2D eigenvalue weighted by Crippen LogP contribution is -2.38. The number of hydrogen-bond donors (Lipinski definition) is 1. The molecule has 1 unspecified atom stereocenters. The van der Waals surface area contributed by atoms with Crippen molar-refractivity contribution in [3.05, 3.63) is 51.3 Å². The zero-order chi connectivity index (χ0) is 16.3. The van der Waals surface area contributed by atoms with Crippen molar-refractivity contribution in [2.45, 2.75) is 19.9 Å². The molecule has 1 heterocycles. The van der Waals surface area contributed by atoms with E-state index in [0.29, 0.717) is 5.56 Å². The van der Waals surface area contributed by atoms with Crippen LogP contribution < -0.4 is 5.32 Å². The first kappa shape index (κ1) is 15.5. The Labute approximate surface area is 125 Å². The molecule has 1 aromatic rings. The number of nitrogens with one attached hydrogen (secondary N) is 1. The summed E-state index contributed by atoms with van der Waals surface area (Å²) in [6, 6.07) is 4.82. The van der Waals surface area contributed by atoms with Crippen molar-refractivity contribution >= 4 is 17.7 Å². The summed E-state index contributed by atoms with van der Waals surface area (Å²) < 4.78 is 9.85. The minimum absolute atomic E-state index is 0.110. The molecule has 1 atom stereocenters. The van der Waals surface area contributed by atoms with E-state index in [1.807, 2.05) is 0 Å². The molecule has 1 aromatic carbocycles. The van der Waals surface area contributed by atoms with Gasteiger partial charge in [-0.3, -0.25) is 10.1 Å². The van der Waals surface area contributed by atoms with Gasteiger partial charge in [-0.05, 0) is 19.4 Å². The maximum atomic E-state index is 12.1. The number of esters is 1. The fourth-order valence-electron chi connectivity index (χ4n) is 2.16. The molecule has 1 aliphatic rings. The monoisotopic (exact) mass is 306 g/mol. The van der Waals surface area contributed by atoms with Crippen LogP contribution in [0.3, 0.4) is 0 Å². The number of non-ortho nitro benzene ring substituents is 1.